The summed E-state index contributed by atoms with van der Waals surface area (Å²) in [5.41, 5.74) is 4.63. The molecular weight excluding hydrogens is 395 g/mol. The van der Waals surface area contributed by atoms with Gasteiger partial charge in [0.05, 0.1) is 12.0 Å². The van der Waals surface area contributed by atoms with Gasteiger partial charge in [-0.25, -0.2) is 0 Å². The SMILES string of the molecule is CC(C)(C)N1C(=O)C2ON(CC(N)=O)C(c3cccc(OC(F)(F)F)c3)C2C1=O. The van der Waals surface area contributed by atoms with Gasteiger partial charge in [0.25, 0.3) is 5.91 Å². The number of likely N-dealkylation sites (tertiary alicyclic amines) is 1. The topological polar surface area (TPSA) is 102 Å². The molecule has 2 heterocycles. The van der Waals surface area contributed by atoms with Crippen molar-refractivity contribution in [3.8, 4) is 5.75 Å². The highest BCUT2D eigenvalue weighted by Gasteiger charge is 2.61. The molecule has 0 spiro atoms. The summed E-state index contributed by atoms with van der Waals surface area (Å²) in [5, 5.41) is 1.07. The molecule has 158 valence electrons. The summed E-state index contributed by atoms with van der Waals surface area (Å²) in [7, 11) is 0. The molecule has 0 bridgehead atoms. The fourth-order valence-electron chi connectivity index (χ4n) is 3.69. The molecule has 2 N–H and O–H groups in total. The van der Waals surface area contributed by atoms with Crippen LogP contribution in [0.15, 0.2) is 24.3 Å². The van der Waals surface area contributed by atoms with Crippen molar-refractivity contribution < 1.29 is 37.1 Å². The fraction of sp³-hybridized carbons (Fsp3) is 0.500. The van der Waals surface area contributed by atoms with E-state index in [9.17, 15) is 27.6 Å². The van der Waals surface area contributed by atoms with Gasteiger partial charge in [-0.05, 0) is 38.5 Å². The number of fused-ring (bicyclic) bond motifs is 1. The van der Waals surface area contributed by atoms with Crippen LogP contribution in [0.5, 0.6) is 5.75 Å². The second kappa shape index (κ2) is 6.99. The number of carbonyl (C=O) groups is 3. The van der Waals surface area contributed by atoms with E-state index in [-0.39, 0.29) is 5.56 Å². The molecule has 2 fully saturated rings. The maximum absolute atomic E-state index is 13.0. The molecule has 2 saturated heterocycles. The van der Waals surface area contributed by atoms with Crippen molar-refractivity contribution in [2.45, 2.75) is 44.8 Å². The molecule has 1 aromatic carbocycles. The second-order valence-corrected chi connectivity index (χ2v) is 7.84. The lowest BCUT2D eigenvalue weighted by Crippen LogP contribution is -2.48. The van der Waals surface area contributed by atoms with Crippen molar-refractivity contribution in [1.82, 2.24) is 9.96 Å². The molecule has 0 saturated carbocycles. The number of hydrogen-bond donors (Lipinski definition) is 1. The summed E-state index contributed by atoms with van der Waals surface area (Å²) in [6.07, 6.45) is -6.10. The van der Waals surface area contributed by atoms with E-state index in [0.29, 0.717) is 0 Å². The van der Waals surface area contributed by atoms with E-state index in [1.807, 2.05) is 0 Å². The summed E-state index contributed by atoms with van der Waals surface area (Å²) in [6, 6.07) is 3.98. The molecule has 0 aromatic heterocycles. The van der Waals surface area contributed by atoms with Crippen LogP contribution in [0.2, 0.25) is 0 Å². The smallest absolute Gasteiger partial charge is 0.406 e. The first-order chi connectivity index (χ1) is 13.3. The van der Waals surface area contributed by atoms with Crippen molar-refractivity contribution in [3.63, 3.8) is 0 Å². The number of imide groups is 1. The van der Waals surface area contributed by atoms with E-state index in [0.717, 1.165) is 22.1 Å². The van der Waals surface area contributed by atoms with Gasteiger partial charge in [-0.15, -0.1) is 13.2 Å². The van der Waals surface area contributed by atoms with Crippen molar-refractivity contribution in [1.29, 1.82) is 0 Å². The lowest BCUT2D eigenvalue weighted by Gasteiger charge is -2.33. The molecule has 29 heavy (non-hydrogen) atoms. The second-order valence-electron chi connectivity index (χ2n) is 7.84. The van der Waals surface area contributed by atoms with Gasteiger partial charge in [-0.2, -0.15) is 5.06 Å². The molecular formula is C18H20F3N3O5. The zero-order valence-electron chi connectivity index (χ0n) is 15.9. The molecule has 0 aliphatic carbocycles. The van der Waals surface area contributed by atoms with Crippen LogP contribution in [0.1, 0.15) is 32.4 Å². The van der Waals surface area contributed by atoms with E-state index >= 15 is 0 Å². The molecule has 3 unspecified atom stereocenters. The third kappa shape index (κ3) is 4.06. The van der Waals surface area contributed by atoms with E-state index in [2.05, 4.69) is 4.74 Å². The Morgan fingerprint density at radius 1 is 1.21 bits per heavy atom. The van der Waals surface area contributed by atoms with Crippen LogP contribution in [0.4, 0.5) is 13.2 Å². The Labute approximate surface area is 164 Å². The third-order valence-corrected chi connectivity index (χ3v) is 4.61. The highest BCUT2D eigenvalue weighted by Crippen LogP contribution is 2.46. The maximum atomic E-state index is 13.0. The van der Waals surface area contributed by atoms with Crippen molar-refractivity contribution >= 4 is 17.7 Å². The van der Waals surface area contributed by atoms with E-state index < -0.39 is 60.0 Å². The van der Waals surface area contributed by atoms with Crippen LogP contribution in [0, 0.1) is 5.92 Å². The minimum Gasteiger partial charge on any atom is -0.406 e. The molecule has 11 heteroatoms. The first-order valence-corrected chi connectivity index (χ1v) is 8.75. The van der Waals surface area contributed by atoms with Crippen LogP contribution < -0.4 is 10.5 Å². The zero-order chi connectivity index (χ0) is 21.7. The number of nitrogens with zero attached hydrogens (tertiary/aromatic N) is 2. The van der Waals surface area contributed by atoms with Crippen LogP contribution in [0.3, 0.4) is 0 Å². The first-order valence-electron chi connectivity index (χ1n) is 8.75. The molecule has 3 rings (SSSR count). The predicted octanol–water partition coefficient (Wildman–Crippen LogP) is 1.51. The Hall–Kier alpha value is -2.66. The summed E-state index contributed by atoms with van der Waals surface area (Å²) >= 11 is 0. The minimum atomic E-state index is -4.90. The maximum Gasteiger partial charge on any atom is 0.573 e. The normalized spacial score (nSPS) is 25.4. The Morgan fingerprint density at radius 2 is 1.86 bits per heavy atom. The number of hydrogen-bond acceptors (Lipinski definition) is 6. The van der Waals surface area contributed by atoms with Crippen LogP contribution in [0.25, 0.3) is 0 Å². The molecule has 3 amide bonds. The molecule has 2 aliphatic heterocycles. The number of benzene rings is 1. The van der Waals surface area contributed by atoms with Gasteiger partial charge in [0.2, 0.25) is 11.8 Å². The lowest BCUT2D eigenvalue weighted by atomic mass is 9.90. The van der Waals surface area contributed by atoms with Gasteiger partial charge in [0, 0.05) is 5.54 Å². The number of alkyl halides is 3. The van der Waals surface area contributed by atoms with Crippen LogP contribution in [-0.4, -0.2) is 52.2 Å². The van der Waals surface area contributed by atoms with Gasteiger partial charge in [-0.3, -0.25) is 24.1 Å². The Balaban J connectivity index is 2.02. The van der Waals surface area contributed by atoms with Gasteiger partial charge >= 0.3 is 6.36 Å². The monoisotopic (exact) mass is 415 g/mol. The van der Waals surface area contributed by atoms with Crippen molar-refractivity contribution in [2.75, 3.05) is 6.54 Å². The van der Waals surface area contributed by atoms with Gasteiger partial charge in [0.1, 0.15) is 12.3 Å². The van der Waals surface area contributed by atoms with E-state index in [1.165, 1.54) is 12.1 Å². The zero-order valence-corrected chi connectivity index (χ0v) is 15.9. The summed E-state index contributed by atoms with van der Waals surface area (Å²) in [6.45, 7) is 4.59. The predicted molar refractivity (Wildman–Crippen MR) is 91.7 cm³/mol. The van der Waals surface area contributed by atoms with Gasteiger partial charge in [-0.1, -0.05) is 12.1 Å². The number of rotatable bonds is 4. The average molecular weight is 415 g/mol. The molecule has 0 radical (unpaired) electrons. The van der Waals surface area contributed by atoms with Crippen molar-refractivity contribution in [2.24, 2.45) is 11.7 Å². The van der Waals surface area contributed by atoms with Gasteiger partial charge < -0.3 is 10.5 Å². The van der Waals surface area contributed by atoms with Crippen LogP contribution in [-0.2, 0) is 19.2 Å². The quantitative estimate of drug-likeness (QED) is 0.748. The van der Waals surface area contributed by atoms with E-state index in [1.54, 1.807) is 20.8 Å². The number of nitrogens with two attached hydrogens (primary N) is 1. The molecule has 1 aromatic rings. The Bertz CT molecular complexity index is 852. The Kier molecular flexibility index (Phi) is 5.08. The number of ether oxygens (including phenoxy) is 1. The largest absolute Gasteiger partial charge is 0.573 e. The summed E-state index contributed by atoms with van der Waals surface area (Å²) in [4.78, 5) is 43.9. The summed E-state index contributed by atoms with van der Waals surface area (Å²) in [5.74, 6) is -3.44. The minimum absolute atomic E-state index is 0.220. The highest BCUT2D eigenvalue weighted by atomic mass is 19.4. The number of amides is 3. The highest BCUT2D eigenvalue weighted by molar-refractivity contribution is 6.08. The molecule has 8 nitrogen and oxygen atoms in total. The third-order valence-electron chi connectivity index (χ3n) is 4.61. The fourth-order valence-corrected chi connectivity index (χ4v) is 3.69. The molecule has 3 atom stereocenters. The van der Waals surface area contributed by atoms with Crippen molar-refractivity contribution in [3.05, 3.63) is 29.8 Å². The van der Waals surface area contributed by atoms with Crippen LogP contribution >= 0.6 is 0 Å². The average Bonchev–Trinajstić information content (AvgIpc) is 3.01. The first kappa shape index (κ1) is 21.1. The standard InChI is InChI=1S/C18H20F3N3O5/c1-17(2,3)24-15(26)12-13(23(8-11(22)25)29-14(12)16(24)27)9-5-4-6-10(7-9)28-18(19,20)21/h4-7,12-14H,8H2,1-3H3,(H2,22,25). The number of primary amides is 1. The van der Waals surface area contributed by atoms with E-state index in [4.69, 9.17) is 10.6 Å². The number of carbonyl (C=O) groups excluding carboxylic acids is 3. The molecule has 2 aliphatic rings. The number of hydroxylamine groups is 2. The Morgan fingerprint density at radius 3 is 2.41 bits per heavy atom. The number of halogens is 3. The van der Waals surface area contributed by atoms with Gasteiger partial charge in [0.15, 0.2) is 6.10 Å². The summed E-state index contributed by atoms with van der Waals surface area (Å²) < 4.78 is 41.7. The lowest BCUT2D eigenvalue weighted by molar-refractivity contribution is -0.274.